The Balaban J connectivity index is 4.17. The molecule has 0 rings (SSSR count). The van der Waals surface area contributed by atoms with E-state index in [0.29, 0.717) is 5.57 Å². The van der Waals surface area contributed by atoms with Crippen LogP contribution in [0.15, 0.2) is 23.8 Å². The van der Waals surface area contributed by atoms with E-state index >= 15 is 0 Å². The molecule has 3 nitrogen and oxygen atoms in total. The Kier molecular flexibility index (Phi) is 5.62. The summed E-state index contributed by atoms with van der Waals surface area (Å²) in [6, 6.07) is 0. The highest BCUT2D eigenvalue weighted by atomic mass is 16.3. The fourth-order valence-electron chi connectivity index (χ4n) is 0.734. The zero-order chi connectivity index (χ0) is 9.56. The number of hydrogen-bond donors (Lipinski definition) is 3. The van der Waals surface area contributed by atoms with E-state index in [0.717, 1.165) is 0 Å². The zero-order valence-electron chi connectivity index (χ0n) is 7.44. The van der Waals surface area contributed by atoms with Gasteiger partial charge in [0, 0.05) is 0 Å². The Labute approximate surface area is 72.7 Å². The lowest BCUT2D eigenvalue weighted by molar-refractivity contribution is 0.239. The Bertz CT molecular complexity index is 169. The van der Waals surface area contributed by atoms with Gasteiger partial charge in [0.25, 0.3) is 0 Å². The van der Waals surface area contributed by atoms with Crippen molar-refractivity contribution in [1.29, 1.82) is 0 Å². The van der Waals surface area contributed by atoms with E-state index in [1.165, 1.54) is 6.08 Å². The van der Waals surface area contributed by atoms with Crippen LogP contribution in [-0.4, -0.2) is 34.1 Å². The molecular weight excluding hydrogens is 156 g/mol. The van der Waals surface area contributed by atoms with Crippen LogP contribution in [0.5, 0.6) is 0 Å². The SMILES string of the molecule is C[C@H](O)/C=C(/C=C[C@@H](C)O)CO. The maximum absolute atomic E-state index is 8.94. The Morgan fingerprint density at radius 3 is 2.17 bits per heavy atom. The molecule has 3 N–H and O–H groups in total. The van der Waals surface area contributed by atoms with Crippen molar-refractivity contribution < 1.29 is 15.3 Å². The predicted molar refractivity (Wildman–Crippen MR) is 47.7 cm³/mol. The molecule has 0 aliphatic carbocycles. The first-order valence-electron chi connectivity index (χ1n) is 3.92. The first-order valence-corrected chi connectivity index (χ1v) is 3.92. The standard InChI is InChI=1S/C9H16O3/c1-7(11)3-4-9(6-10)5-8(2)12/h3-5,7-8,10-12H,6H2,1-2H3/b4-3?,9-5-/t7-,8+/m1/s1. The molecule has 12 heavy (non-hydrogen) atoms. The van der Waals surface area contributed by atoms with Crippen molar-refractivity contribution in [2.24, 2.45) is 0 Å². The van der Waals surface area contributed by atoms with Gasteiger partial charge in [-0.3, -0.25) is 0 Å². The molecule has 0 aliphatic rings. The third-order valence-electron chi connectivity index (χ3n) is 1.23. The van der Waals surface area contributed by atoms with Crippen LogP contribution in [0, 0.1) is 0 Å². The minimum atomic E-state index is -0.578. The maximum Gasteiger partial charge on any atom is 0.0699 e. The van der Waals surface area contributed by atoms with Gasteiger partial charge in [-0.15, -0.1) is 0 Å². The first-order chi connectivity index (χ1) is 5.56. The fraction of sp³-hybridized carbons (Fsp3) is 0.556. The molecule has 0 amide bonds. The fourth-order valence-corrected chi connectivity index (χ4v) is 0.734. The maximum atomic E-state index is 8.94. The molecule has 0 saturated carbocycles. The molecule has 0 aromatic heterocycles. The van der Waals surface area contributed by atoms with Crippen molar-refractivity contribution in [3.05, 3.63) is 23.8 Å². The van der Waals surface area contributed by atoms with Crippen molar-refractivity contribution in [2.45, 2.75) is 26.1 Å². The Morgan fingerprint density at radius 2 is 1.83 bits per heavy atom. The second-order valence-corrected chi connectivity index (χ2v) is 2.74. The monoisotopic (exact) mass is 172 g/mol. The van der Waals surface area contributed by atoms with Crippen LogP contribution in [0.1, 0.15) is 13.8 Å². The second kappa shape index (κ2) is 5.94. The Morgan fingerprint density at radius 1 is 1.25 bits per heavy atom. The summed E-state index contributed by atoms with van der Waals surface area (Å²) in [5.41, 5.74) is 0.603. The van der Waals surface area contributed by atoms with Gasteiger partial charge in [-0.1, -0.05) is 18.2 Å². The highest BCUT2D eigenvalue weighted by Crippen LogP contribution is 1.99. The normalized spacial score (nSPS) is 18.2. The van der Waals surface area contributed by atoms with E-state index in [1.54, 1.807) is 26.0 Å². The van der Waals surface area contributed by atoms with Gasteiger partial charge in [0.2, 0.25) is 0 Å². The summed E-state index contributed by atoms with van der Waals surface area (Å²) in [7, 11) is 0. The van der Waals surface area contributed by atoms with Crippen LogP contribution in [-0.2, 0) is 0 Å². The highest BCUT2D eigenvalue weighted by Gasteiger charge is 1.94. The molecule has 0 radical (unpaired) electrons. The topological polar surface area (TPSA) is 60.7 Å². The van der Waals surface area contributed by atoms with Crippen LogP contribution in [0.25, 0.3) is 0 Å². The summed E-state index contributed by atoms with van der Waals surface area (Å²) < 4.78 is 0. The molecule has 0 aromatic carbocycles. The van der Waals surface area contributed by atoms with Gasteiger partial charge in [0.15, 0.2) is 0 Å². The van der Waals surface area contributed by atoms with Crippen molar-refractivity contribution in [3.63, 3.8) is 0 Å². The van der Waals surface area contributed by atoms with Gasteiger partial charge in [0.05, 0.1) is 18.8 Å². The van der Waals surface area contributed by atoms with E-state index in [4.69, 9.17) is 15.3 Å². The predicted octanol–water partition coefficient (Wildman–Crippen LogP) is 0.223. The minimum Gasteiger partial charge on any atom is -0.392 e. The van der Waals surface area contributed by atoms with Crippen LogP contribution in [0.3, 0.4) is 0 Å². The average Bonchev–Trinajstić information content (AvgIpc) is 1.97. The van der Waals surface area contributed by atoms with Crippen molar-refractivity contribution >= 4 is 0 Å². The molecule has 0 aliphatic heterocycles. The highest BCUT2D eigenvalue weighted by molar-refractivity contribution is 5.20. The minimum absolute atomic E-state index is 0.131. The molecule has 0 unspecified atom stereocenters. The quantitative estimate of drug-likeness (QED) is 0.532. The molecule has 2 atom stereocenters. The van der Waals surface area contributed by atoms with Gasteiger partial charge < -0.3 is 15.3 Å². The molecule has 0 fully saturated rings. The van der Waals surface area contributed by atoms with Crippen molar-refractivity contribution in [3.8, 4) is 0 Å². The van der Waals surface area contributed by atoms with Crippen LogP contribution < -0.4 is 0 Å². The van der Waals surface area contributed by atoms with E-state index in [-0.39, 0.29) is 6.61 Å². The smallest absolute Gasteiger partial charge is 0.0699 e. The number of hydrogen-bond acceptors (Lipinski definition) is 3. The largest absolute Gasteiger partial charge is 0.392 e. The third-order valence-corrected chi connectivity index (χ3v) is 1.23. The van der Waals surface area contributed by atoms with Gasteiger partial charge in [-0.05, 0) is 19.4 Å². The molecule has 0 saturated heterocycles. The summed E-state index contributed by atoms with van der Waals surface area (Å²) in [4.78, 5) is 0. The summed E-state index contributed by atoms with van der Waals surface area (Å²) in [6.45, 7) is 3.09. The lowest BCUT2D eigenvalue weighted by Crippen LogP contribution is -1.99. The lowest BCUT2D eigenvalue weighted by Gasteiger charge is -2.00. The lowest BCUT2D eigenvalue weighted by atomic mass is 10.2. The summed E-state index contributed by atoms with van der Waals surface area (Å²) in [5.74, 6) is 0. The van der Waals surface area contributed by atoms with E-state index in [9.17, 15) is 0 Å². The summed E-state index contributed by atoms with van der Waals surface area (Å²) in [5, 5.41) is 26.6. The van der Waals surface area contributed by atoms with Gasteiger partial charge >= 0.3 is 0 Å². The number of rotatable bonds is 4. The second-order valence-electron chi connectivity index (χ2n) is 2.74. The van der Waals surface area contributed by atoms with Crippen LogP contribution in [0.2, 0.25) is 0 Å². The number of aliphatic hydroxyl groups excluding tert-OH is 3. The molecule has 0 heterocycles. The van der Waals surface area contributed by atoms with E-state index in [2.05, 4.69) is 0 Å². The molecule has 70 valence electrons. The van der Waals surface area contributed by atoms with Crippen molar-refractivity contribution in [2.75, 3.05) is 6.61 Å². The van der Waals surface area contributed by atoms with E-state index < -0.39 is 12.2 Å². The summed E-state index contributed by atoms with van der Waals surface area (Å²) >= 11 is 0. The first kappa shape index (κ1) is 11.4. The molecule has 3 heteroatoms. The van der Waals surface area contributed by atoms with Crippen LogP contribution in [0.4, 0.5) is 0 Å². The van der Waals surface area contributed by atoms with Gasteiger partial charge in [0.1, 0.15) is 0 Å². The Hall–Kier alpha value is -0.640. The zero-order valence-corrected chi connectivity index (χ0v) is 7.44. The molecule has 0 aromatic rings. The average molecular weight is 172 g/mol. The van der Waals surface area contributed by atoms with Gasteiger partial charge in [-0.25, -0.2) is 0 Å². The molecule has 0 spiro atoms. The van der Waals surface area contributed by atoms with Gasteiger partial charge in [-0.2, -0.15) is 0 Å². The summed E-state index contributed by atoms with van der Waals surface area (Å²) in [6.07, 6.45) is 3.56. The molecular formula is C9H16O3. The van der Waals surface area contributed by atoms with E-state index in [1.807, 2.05) is 0 Å². The van der Waals surface area contributed by atoms with Crippen LogP contribution >= 0.6 is 0 Å². The van der Waals surface area contributed by atoms with Crippen molar-refractivity contribution in [1.82, 2.24) is 0 Å². The molecule has 0 bridgehead atoms. The number of aliphatic hydroxyl groups is 3. The third kappa shape index (κ3) is 6.09.